The van der Waals surface area contributed by atoms with E-state index in [2.05, 4.69) is 4.90 Å². The van der Waals surface area contributed by atoms with Crippen molar-refractivity contribution in [2.24, 2.45) is 5.73 Å². The number of nitrogens with two attached hydrogens (primary N) is 1. The SMILES string of the molecule is NCN(c1ccccc1)C1(C(=O)O)CCN(CCCC(O)c2ccc(F)cc2)CC1. The van der Waals surface area contributed by atoms with Crippen LogP contribution in [0.1, 0.15) is 37.4 Å². The number of carboxylic acids is 1. The van der Waals surface area contributed by atoms with E-state index in [4.69, 9.17) is 5.73 Å². The minimum Gasteiger partial charge on any atom is -0.479 e. The van der Waals surface area contributed by atoms with Crippen LogP contribution in [0, 0.1) is 5.82 Å². The lowest BCUT2D eigenvalue weighted by atomic mass is 9.85. The van der Waals surface area contributed by atoms with Crippen molar-refractivity contribution in [3.8, 4) is 0 Å². The van der Waals surface area contributed by atoms with Crippen LogP contribution in [0.4, 0.5) is 10.1 Å². The molecule has 1 fully saturated rings. The van der Waals surface area contributed by atoms with E-state index in [1.54, 1.807) is 17.0 Å². The van der Waals surface area contributed by atoms with Gasteiger partial charge in [0.15, 0.2) is 0 Å². The van der Waals surface area contributed by atoms with E-state index >= 15 is 0 Å². The third kappa shape index (κ3) is 4.98. The Morgan fingerprint density at radius 1 is 1.13 bits per heavy atom. The molecule has 7 heteroatoms. The van der Waals surface area contributed by atoms with Crippen molar-refractivity contribution in [3.05, 3.63) is 66.0 Å². The number of hydrogen-bond acceptors (Lipinski definition) is 5. The van der Waals surface area contributed by atoms with Crippen LogP contribution in [-0.4, -0.2) is 52.9 Å². The number of nitrogens with zero attached hydrogens (tertiary/aromatic N) is 2. The van der Waals surface area contributed by atoms with Crippen molar-refractivity contribution >= 4 is 11.7 Å². The molecule has 3 rings (SSSR count). The maximum Gasteiger partial charge on any atom is 0.329 e. The second-order valence-corrected chi connectivity index (χ2v) is 7.83. The molecule has 1 atom stereocenters. The zero-order chi connectivity index (χ0) is 21.6. The lowest BCUT2D eigenvalue weighted by Crippen LogP contribution is -2.62. The van der Waals surface area contributed by atoms with Gasteiger partial charge in [0.2, 0.25) is 0 Å². The Hall–Kier alpha value is -2.48. The molecule has 4 N–H and O–H groups in total. The van der Waals surface area contributed by atoms with Gasteiger partial charge in [0, 0.05) is 18.8 Å². The van der Waals surface area contributed by atoms with Gasteiger partial charge in [-0.2, -0.15) is 0 Å². The molecule has 0 saturated carbocycles. The maximum absolute atomic E-state index is 13.0. The van der Waals surface area contributed by atoms with Gasteiger partial charge in [0.25, 0.3) is 0 Å². The van der Waals surface area contributed by atoms with Crippen LogP contribution in [0.2, 0.25) is 0 Å². The van der Waals surface area contributed by atoms with Gasteiger partial charge in [0.05, 0.1) is 12.8 Å². The third-order valence-corrected chi connectivity index (χ3v) is 6.06. The van der Waals surface area contributed by atoms with E-state index in [0.29, 0.717) is 37.9 Å². The molecule has 6 nitrogen and oxygen atoms in total. The number of rotatable bonds is 9. The maximum atomic E-state index is 13.0. The van der Waals surface area contributed by atoms with Gasteiger partial charge in [-0.15, -0.1) is 0 Å². The van der Waals surface area contributed by atoms with Crippen LogP contribution in [0.3, 0.4) is 0 Å². The molecule has 1 heterocycles. The first-order chi connectivity index (χ1) is 14.5. The molecule has 0 aliphatic carbocycles. The molecule has 162 valence electrons. The Kier molecular flexibility index (Phi) is 7.42. The summed E-state index contributed by atoms with van der Waals surface area (Å²) >= 11 is 0. The zero-order valence-corrected chi connectivity index (χ0v) is 17.1. The highest BCUT2D eigenvalue weighted by Gasteiger charge is 2.46. The van der Waals surface area contributed by atoms with E-state index in [1.807, 2.05) is 30.3 Å². The first-order valence-corrected chi connectivity index (χ1v) is 10.4. The second-order valence-electron chi connectivity index (χ2n) is 7.83. The molecule has 0 radical (unpaired) electrons. The Morgan fingerprint density at radius 2 is 1.77 bits per heavy atom. The highest BCUT2D eigenvalue weighted by atomic mass is 19.1. The smallest absolute Gasteiger partial charge is 0.329 e. The number of hydrogen-bond donors (Lipinski definition) is 3. The van der Waals surface area contributed by atoms with Crippen LogP contribution in [0.25, 0.3) is 0 Å². The average molecular weight is 416 g/mol. The van der Waals surface area contributed by atoms with Crippen LogP contribution in [0.15, 0.2) is 54.6 Å². The predicted molar refractivity (Wildman–Crippen MR) is 115 cm³/mol. The van der Waals surface area contributed by atoms with Crippen LogP contribution in [0.5, 0.6) is 0 Å². The number of piperidine rings is 1. The molecular weight excluding hydrogens is 385 g/mol. The van der Waals surface area contributed by atoms with E-state index < -0.39 is 17.6 Å². The molecule has 30 heavy (non-hydrogen) atoms. The van der Waals surface area contributed by atoms with Gasteiger partial charge in [-0.25, -0.2) is 9.18 Å². The lowest BCUT2D eigenvalue weighted by molar-refractivity contribution is -0.145. The minimum absolute atomic E-state index is 0.139. The quantitative estimate of drug-likeness (QED) is 0.546. The Bertz CT molecular complexity index is 808. The van der Waals surface area contributed by atoms with Crippen molar-refractivity contribution in [1.82, 2.24) is 4.90 Å². The zero-order valence-electron chi connectivity index (χ0n) is 17.1. The molecule has 0 spiro atoms. The molecule has 1 aliphatic rings. The minimum atomic E-state index is -1.01. The fourth-order valence-corrected chi connectivity index (χ4v) is 4.24. The van der Waals surface area contributed by atoms with Crippen LogP contribution < -0.4 is 10.6 Å². The molecule has 0 bridgehead atoms. The molecule has 0 amide bonds. The second kappa shape index (κ2) is 10.0. The van der Waals surface area contributed by atoms with Gasteiger partial charge >= 0.3 is 5.97 Å². The number of aliphatic hydroxyl groups excluding tert-OH is 1. The summed E-state index contributed by atoms with van der Waals surface area (Å²) in [7, 11) is 0. The van der Waals surface area contributed by atoms with Gasteiger partial charge in [0.1, 0.15) is 11.4 Å². The highest BCUT2D eigenvalue weighted by molar-refractivity contribution is 5.84. The Labute approximate surface area is 176 Å². The molecule has 1 saturated heterocycles. The standard InChI is InChI=1S/C23H30FN3O3/c24-19-10-8-18(9-11-19)21(28)7-4-14-26-15-12-23(13-16-26,22(29)30)27(17-25)20-5-2-1-3-6-20/h1-3,5-6,8-11,21,28H,4,7,12-17,25H2,(H,29,30). The number of benzene rings is 2. The van der Waals surface area contributed by atoms with Crippen molar-refractivity contribution in [3.63, 3.8) is 0 Å². The largest absolute Gasteiger partial charge is 0.479 e. The number of aliphatic carboxylic acids is 1. The molecule has 1 aliphatic heterocycles. The van der Waals surface area contributed by atoms with E-state index in [1.165, 1.54) is 12.1 Å². The number of halogens is 1. The fourth-order valence-electron chi connectivity index (χ4n) is 4.24. The number of para-hydroxylation sites is 1. The molecule has 1 unspecified atom stereocenters. The molecule has 2 aromatic carbocycles. The fraction of sp³-hybridized carbons (Fsp3) is 0.435. The summed E-state index contributed by atoms with van der Waals surface area (Å²) in [5.74, 6) is -1.16. The summed E-state index contributed by atoms with van der Waals surface area (Å²) in [4.78, 5) is 16.3. The Morgan fingerprint density at radius 3 is 2.33 bits per heavy atom. The van der Waals surface area contributed by atoms with E-state index in [-0.39, 0.29) is 12.5 Å². The van der Waals surface area contributed by atoms with E-state index in [9.17, 15) is 19.4 Å². The summed E-state index contributed by atoms with van der Waals surface area (Å²) in [5, 5.41) is 20.3. The van der Waals surface area contributed by atoms with Gasteiger partial charge < -0.3 is 25.7 Å². The van der Waals surface area contributed by atoms with Gasteiger partial charge in [-0.3, -0.25) is 0 Å². The summed E-state index contributed by atoms with van der Waals surface area (Å²) in [6.07, 6.45) is 1.69. The first-order valence-electron chi connectivity index (χ1n) is 10.4. The number of likely N-dealkylation sites (tertiary alicyclic amines) is 1. The molecule has 0 aromatic heterocycles. The van der Waals surface area contributed by atoms with Crippen LogP contribution >= 0.6 is 0 Å². The summed E-state index contributed by atoms with van der Waals surface area (Å²) < 4.78 is 13.0. The monoisotopic (exact) mass is 415 g/mol. The van der Waals surface area contributed by atoms with Crippen molar-refractivity contribution in [2.45, 2.75) is 37.3 Å². The number of anilines is 1. The highest BCUT2D eigenvalue weighted by Crippen LogP contribution is 2.33. The molecule has 2 aromatic rings. The predicted octanol–water partition coefficient (Wildman–Crippen LogP) is 2.98. The van der Waals surface area contributed by atoms with E-state index in [0.717, 1.165) is 18.7 Å². The van der Waals surface area contributed by atoms with Crippen molar-refractivity contribution < 1.29 is 19.4 Å². The Balaban J connectivity index is 1.55. The van der Waals surface area contributed by atoms with Gasteiger partial charge in [-0.05, 0) is 62.1 Å². The van der Waals surface area contributed by atoms with Gasteiger partial charge in [-0.1, -0.05) is 30.3 Å². The first kappa shape index (κ1) is 22.2. The topological polar surface area (TPSA) is 90.0 Å². The number of carbonyl (C=O) groups is 1. The normalized spacial score (nSPS) is 17.4. The van der Waals surface area contributed by atoms with Crippen LogP contribution in [-0.2, 0) is 4.79 Å². The molecular formula is C23H30FN3O3. The average Bonchev–Trinajstić information content (AvgIpc) is 2.76. The van der Waals surface area contributed by atoms with Crippen molar-refractivity contribution in [1.29, 1.82) is 0 Å². The number of carboxylic acid groups (broad SMARTS) is 1. The summed E-state index contributed by atoms with van der Waals surface area (Å²) in [6.45, 7) is 2.23. The third-order valence-electron chi connectivity index (χ3n) is 6.06. The summed E-state index contributed by atoms with van der Waals surface area (Å²) in [6, 6.07) is 15.4. The summed E-state index contributed by atoms with van der Waals surface area (Å²) in [5.41, 5.74) is 6.48. The number of aliphatic hydroxyl groups is 1. The lowest BCUT2D eigenvalue weighted by Gasteiger charge is -2.46. The van der Waals surface area contributed by atoms with Crippen molar-refractivity contribution in [2.75, 3.05) is 31.2 Å².